The standard InChI is InChI=1S/C13H23NO4/c1-4-11-7-10(6-9(3)18-11)12(14-8-15)13(16)17-5-2/h8-12H,4-7H2,1-3H3,(H,14,15)/t9-,10?,11-,12?/m1/s1. The fourth-order valence-electron chi connectivity index (χ4n) is 2.54. The number of ether oxygens (including phenoxy) is 2. The van der Waals surface area contributed by atoms with Crippen molar-refractivity contribution in [3.05, 3.63) is 0 Å². The van der Waals surface area contributed by atoms with E-state index in [-0.39, 0.29) is 24.1 Å². The predicted octanol–water partition coefficient (Wildman–Crippen LogP) is 1.26. The first-order chi connectivity index (χ1) is 8.62. The predicted molar refractivity (Wildman–Crippen MR) is 67.0 cm³/mol. The van der Waals surface area contributed by atoms with E-state index in [9.17, 15) is 9.59 Å². The minimum Gasteiger partial charge on any atom is -0.464 e. The lowest BCUT2D eigenvalue weighted by Gasteiger charge is -2.36. The summed E-state index contributed by atoms with van der Waals surface area (Å²) in [7, 11) is 0. The highest BCUT2D eigenvalue weighted by Crippen LogP contribution is 2.29. The van der Waals surface area contributed by atoms with E-state index in [1.54, 1.807) is 6.92 Å². The smallest absolute Gasteiger partial charge is 0.328 e. The molecule has 0 aromatic rings. The van der Waals surface area contributed by atoms with E-state index in [0.29, 0.717) is 13.0 Å². The topological polar surface area (TPSA) is 64.6 Å². The third-order valence-electron chi connectivity index (χ3n) is 3.34. The maximum atomic E-state index is 11.8. The third kappa shape index (κ3) is 3.98. The lowest BCUT2D eigenvalue weighted by Crippen LogP contribution is -2.48. The van der Waals surface area contributed by atoms with Crippen LogP contribution in [0, 0.1) is 5.92 Å². The summed E-state index contributed by atoms with van der Waals surface area (Å²) in [6.45, 7) is 6.15. The van der Waals surface area contributed by atoms with E-state index in [1.807, 2.05) is 6.92 Å². The molecule has 1 N–H and O–H groups in total. The van der Waals surface area contributed by atoms with Crippen LogP contribution in [0.5, 0.6) is 0 Å². The monoisotopic (exact) mass is 257 g/mol. The number of rotatable bonds is 6. The van der Waals surface area contributed by atoms with Gasteiger partial charge in [-0.3, -0.25) is 4.79 Å². The van der Waals surface area contributed by atoms with E-state index in [4.69, 9.17) is 9.47 Å². The number of carbonyl (C=O) groups excluding carboxylic acids is 2. The van der Waals surface area contributed by atoms with Gasteiger partial charge < -0.3 is 14.8 Å². The molecule has 0 bridgehead atoms. The highest BCUT2D eigenvalue weighted by Gasteiger charge is 2.35. The van der Waals surface area contributed by atoms with Gasteiger partial charge in [-0.15, -0.1) is 0 Å². The number of esters is 1. The van der Waals surface area contributed by atoms with Gasteiger partial charge in [-0.25, -0.2) is 4.79 Å². The van der Waals surface area contributed by atoms with Crippen LogP contribution >= 0.6 is 0 Å². The lowest BCUT2D eigenvalue weighted by atomic mass is 9.85. The summed E-state index contributed by atoms with van der Waals surface area (Å²) < 4.78 is 10.8. The van der Waals surface area contributed by atoms with Crippen LogP contribution in [0.1, 0.15) is 40.0 Å². The van der Waals surface area contributed by atoms with Gasteiger partial charge in [0.15, 0.2) is 0 Å². The van der Waals surface area contributed by atoms with Gasteiger partial charge in [0.2, 0.25) is 6.41 Å². The van der Waals surface area contributed by atoms with E-state index < -0.39 is 6.04 Å². The Hall–Kier alpha value is -1.10. The van der Waals surface area contributed by atoms with Gasteiger partial charge >= 0.3 is 5.97 Å². The van der Waals surface area contributed by atoms with E-state index in [0.717, 1.165) is 19.3 Å². The molecule has 0 spiro atoms. The quantitative estimate of drug-likeness (QED) is 0.574. The average molecular weight is 257 g/mol. The van der Waals surface area contributed by atoms with Crippen molar-refractivity contribution in [2.45, 2.75) is 58.3 Å². The fourth-order valence-corrected chi connectivity index (χ4v) is 2.54. The maximum Gasteiger partial charge on any atom is 0.328 e. The van der Waals surface area contributed by atoms with Crippen LogP contribution in [-0.2, 0) is 19.1 Å². The lowest BCUT2D eigenvalue weighted by molar-refractivity contribution is -0.151. The molecule has 1 heterocycles. The molecule has 0 radical (unpaired) electrons. The van der Waals surface area contributed by atoms with Crippen molar-refractivity contribution in [3.63, 3.8) is 0 Å². The summed E-state index contributed by atoms with van der Waals surface area (Å²) in [6, 6.07) is -0.553. The number of amides is 1. The summed E-state index contributed by atoms with van der Waals surface area (Å²) in [5, 5.41) is 2.59. The second-order valence-corrected chi connectivity index (χ2v) is 4.72. The molecule has 104 valence electrons. The summed E-state index contributed by atoms with van der Waals surface area (Å²) >= 11 is 0. The normalized spacial score (nSPS) is 29.4. The van der Waals surface area contributed by atoms with Crippen molar-refractivity contribution in [3.8, 4) is 0 Å². The molecule has 1 amide bonds. The van der Waals surface area contributed by atoms with Gasteiger partial charge in [0.25, 0.3) is 0 Å². The summed E-state index contributed by atoms with van der Waals surface area (Å²) in [6.07, 6.45) is 3.30. The van der Waals surface area contributed by atoms with Crippen LogP contribution in [0.15, 0.2) is 0 Å². The van der Waals surface area contributed by atoms with Crippen molar-refractivity contribution in [2.24, 2.45) is 5.92 Å². The van der Waals surface area contributed by atoms with Crippen LogP contribution in [-0.4, -0.2) is 37.2 Å². The van der Waals surface area contributed by atoms with Crippen molar-refractivity contribution in [1.82, 2.24) is 5.32 Å². The first-order valence-corrected chi connectivity index (χ1v) is 6.64. The minimum atomic E-state index is -0.553. The molecule has 18 heavy (non-hydrogen) atoms. The summed E-state index contributed by atoms with van der Waals surface area (Å²) in [4.78, 5) is 22.5. The van der Waals surface area contributed by atoms with Crippen molar-refractivity contribution in [1.29, 1.82) is 0 Å². The van der Waals surface area contributed by atoms with Gasteiger partial charge in [-0.1, -0.05) is 6.92 Å². The Bertz CT molecular complexity index is 282. The summed E-state index contributed by atoms with van der Waals surface area (Å²) in [5.41, 5.74) is 0. The Morgan fingerprint density at radius 1 is 1.50 bits per heavy atom. The van der Waals surface area contributed by atoms with Crippen LogP contribution in [0.2, 0.25) is 0 Å². The highest BCUT2D eigenvalue weighted by molar-refractivity contribution is 5.78. The molecule has 5 nitrogen and oxygen atoms in total. The molecule has 0 aromatic heterocycles. The minimum absolute atomic E-state index is 0.0861. The molecule has 1 rings (SSSR count). The van der Waals surface area contributed by atoms with Crippen molar-refractivity contribution in [2.75, 3.05) is 6.61 Å². The molecular formula is C13H23NO4. The zero-order valence-corrected chi connectivity index (χ0v) is 11.3. The Kier molecular flexibility index (Phi) is 6.12. The molecule has 0 aliphatic carbocycles. The molecule has 4 atom stereocenters. The third-order valence-corrected chi connectivity index (χ3v) is 3.34. The number of nitrogens with one attached hydrogen (secondary N) is 1. The zero-order valence-electron chi connectivity index (χ0n) is 11.3. The average Bonchev–Trinajstić information content (AvgIpc) is 2.35. The Morgan fingerprint density at radius 3 is 2.78 bits per heavy atom. The fraction of sp³-hybridized carbons (Fsp3) is 0.846. The molecule has 1 aliphatic rings. The number of carbonyl (C=O) groups is 2. The highest BCUT2D eigenvalue weighted by atomic mass is 16.5. The Labute approximate surface area is 108 Å². The van der Waals surface area contributed by atoms with E-state index in [2.05, 4.69) is 12.2 Å². The Morgan fingerprint density at radius 2 is 2.22 bits per heavy atom. The number of hydrogen-bond donors (Lipinski definition) is 1. The van der Waals surface area contributed by atoms with Gasteiger partial charge in [0.05, 0.1) is 18.8 Å². The molecule has 0 aromatic carbocycles. The van der Waals surface area contributed by atoms with Crippen molar-refractivity contribution >= 4 is 12.4 Å². The molecule has 1 saturated heterocycles. The second kappa shape index (κ2) is 7.36. The van der Waals surface area contributed by atoms with Gasteiger partial charge in [0, 0.05) is 0 Å². The van der Waals surface area contributed by atoms with E-state index >= 15 is 0 Å². The first kappa shape index (κ1) is 15.0. The zero-order chi connectivity index (χ0) is 13.5. The largest absolute Gasteiger partial charge is 0.464 e. The molecule has 5 heteroatoms. The van der Waals surface area contributed by atoms with Crippen LogP contribution in [0.4, 0.5) is 0 Å². The molecule has 2 unspecified atom stereocenters. The second-order valence-electron chi connectivity index (χ2n) is 4.72. The molecule has 1 aliphatic heterocycles. The Balaban J connectivity index is 2.71. The summed E-state index contributed by atoms with van der Waals surface area (Å²) in [5.74, 6) is -0.262. The van der Waals surface area contributed by atoms with Crippen LogP contribution < -0.4 is 5.32 Å². The first-order valence-electron chi connectivity index (χ1n) is 6.64. The van der Waals surface area contributed by atoms with Gasteiger partial charge in [-0.05, 0) is 39.0 Å². The maximum absolute atomic E-state index is 11.8. The van der Waals surface area contributed by atoms with E-state index in [1.165, 1.54) is 0 Å². The number of hydrogen-bond acceptors (Lipinski definition) is 4. The van der Waals surface area contributed by atoms with Crippen LogP contribution in [0.25, 0.3) is 0 Å². The molecular weight excluding hydrogens is 234 g/mol. The van der Waals surface area contributed by atoms with Gasteiger partial charge in [0.1, 0.15) is 6.04 Å². The molecule has 0 saturated carbocycles. The SMILES string of the molecule is CCOC(=O)C(NC=O)C1C[C@@H](CC)O[C@H](C)C1. The van der Waals surface area contributed by atoms with Gasteiger partial charge in [-0.2, -0.15) is 0 Å². The van der Waals surface area contributed by atoms with Crippen LogP contribution in [0.3, 0.4) is 0 Å². The van der Waals surface area contributed by atoms with Crippen molar-refractivity contribution < 1.29 is 19.1 Å². The molecule has 1 fully saturated rings.